The Morgan fingerprint density at radius 2 is 1.61 bits per heavy atom. The minimum Gasteiger partial charge on any atom is -0.368 e. The van der Waals surface area contributed by atoms with E-state index in [9.17, 15) is 9.59 Å². The van der Waals surface area contributed by atoms with E-state index >= 15 is 0 Å². The highest BCUT2D eigenvalue weighted by Gasteiger charge is 2.23. The van der Waals surface area contributed by atoms with Crippen molar-refractivity contribution in [3.63, 3.8) is 0 Å². The van der Waals surface area contributed by atoms with Gasteiger partial charge in [0, 0.05) is 38.4 Å². The molecule has 28 heavy (non-hydrogen) atoms. The van der Waals surface area contributed by atoms with Gasteiger partial charge in [-0.15, -0.1) is 0 Å². The summed E-state index contributed by atoms with van der Waals surface area (Å²) in [5.74, 6) is -0.315. The number of nitrogens with zero attached hydrogens (tertiary/aromatic N) is 2. The molecule has 0 aliphatic carbocycles. The van der Waals surface area contributed by atoms with E-state index in [4.69, 9.17) is 0 Å². The van der Waals surface area contributed by atoms with Crippen LogP contribution in [0.2, 0.25) is 0 Å². The second-order valence-electron chi connectivity index (χ2n) is 7.53. The van der Waals surface area contributed by atoms with Crippen LogP contribution in [0.3, 0.4) is 0 Å². The molecule has 1 aliphatic rings. The number of carbonyl (C=O) groups is 2. The fraction of sp³-hybridized carbons (Fsp3) is 0.391. The lowest BCUT2D eigenvalue weighted by molar-refractivity contribution is -0.136. The summed E-state index contributed by atoms with van der Waals surface area (Å²) < 4.78 is 0. The fourth-order valence-electron chi connectivity index (χ4n) is 3.49. The maximum atomic E-state index is 12.5. The molecule has 2 aromatic rings. The van der Waals surface area contributed by atoms with Crippen molar-refractivity contribution in [2.75, 3.05) is 31.1 Å². The van der Waals surface area contributed by atoms with Crippen molar-refractivity contribution in [3.8, 4) is 0 Å². The van der Waals surface area contributed by atoms with Crippen LogP contribution in [0.1, 0.15) is 28.7 Å². The first-order chi connectivity index (χ1) is 13.4. The molecule has 0 radical (unpaired) electrons. The minimum atomic E-state index is -0.220. The molecular formula is C23H29N3O2. The largest absolute Gasteiger partial charge is 0.368 e. The van der Waals surface area contributed by atoms with E-state index in [1.165, 1.54) is 22.4 Å². The van der Waals surface area contributed by atoms with E-state index in [1.54, 1.807) is 4.90 Å². The van der Waals surface area contributed by atoms with Crippen molar-refractivity contribution in [2.45, 2.75) is 33.7 Å². The molecule has 0 atom stereocenters. The molecule has 0 aromatic heterocycles. The molecule has 0 bridgehead atoms. The van der Waals surface area contributed by atoms with Crippen LogP contribution in [0.15, 0.2) is 42.5 Å². The normalized spacial score (nSPS) is 14.1. The molecule has 0 saturated carbocycles. The predicted octanol–water partition coefficient (Wildman–Crippen LogP) is 2.97. The zero-order chi connectivity index (χ0) is 20.1. The number of rotatable bonds is 5. The van der Waals surface area contributed by atoms with Crippen molar-refractivity contribution >= 4 is 17.5 Å². The molecule has 1 fully saturated rings. The highest BCUT2D eigenvalue weighted by atomic mass is 16.2. The third-order valence-electron chi connectivity index (χ3n) is 5.47. The number of benzene rings is 2. The van der Waals surface area contributed by atoms with Gasteiger partial charge >= 0.3 is 0 Å². The van der Waals surface area contributed by atoms with Gasteiger partial charge in [0.05, 0.1) is 0 Å². The topological polar surface area (TPSA) is 52.7 Å². The van der Waals surface area contributed by atoms with Crippen molar-refractivity contribution in [2.24, 2.45) is 0 Å². The number of anilines is 1. The van der Waals surface area contributed by atoms with Gasteiger partial charge in [-0.2, -0.15) is 0 Å². The van der Waals surface area contributed by atoms with E-state index in [1.807, 2.05) is 31.2 Å². The standard InChI is InChI=1S/C23H29N3O2/c1-17-7-9-20(10-8-17)16-24-22(27)15-23(28)26-13-11-25(12-14-26)21-6-4-5-18(2)19(21)3/h4-10H,11-16H2,1-3H3,(H,24,27). The Bertz CT molecular complexity index is 837. The van der Waals surface area contributed by atoms with Gasteiger partial charge in [0.1, 0.15) is 6.42 Å². The van der Waals surface area contributed by atoms with Crippen LogP contribution in [0.4, 0.5) is 5.69 Å². The monoisotopic (exact) mass is 379 g/mol. The second kappa shape index (κ2) is 8.91. The smallest absolute Gasteiger partial charge is 0.232 e. The number of amides is 2. The van der Waals surface area contributed by atoms with Crippen LogP contribution in [-0.2, 0) is 16.1 Å². The molecule has 1 aliphatic heterocycles. The molecule has 3 rings (SSSR count). The van der Waals surface area contributed by atoms with Gasteiger partial charge in [-0.25, -0.2) is 0 Å². The number of carbonyl (C=O) groups excluding carboxylic acids is 2. The second-order valence-corrected chi connectivity index (χ2v) is 7.53. The van der Waals surface area contributed by atoms with E-state index in [0.717, 1.165) is 18.7 Å². The van der Waals surface area contributed by atoms with Crippen LogP contribution < -0.4 is 10.2 Å². The summed E-state index contributed by atoms with van der Waals surface area (Å²) in [6.07, 6.45) is -0.0880. The first-order valence-electron chi connectivity index (χ1n) is 9.85. The van der Waals surface area contributed by atoms with Crippen LogP contribution in [-0.4, -0.2) is 42.9 Å². The number of hydrogen-bond acceptors (Lipinski definition) is 3. The summed E-state index contributed by atoms with van der Waals surface area (Å²) >= 11 is 0. The Morgan fingerprint density at radius 1 is 0.929 bits per heavy atom. The Morgan fingerprint density at radius 3 is 2.29 bits per heavy atom. The Kier molecular flexibility index (Phi) is 6.34. The number of aryl methyl sites for hydroxylation is 2. The molecule has 0 spiro atoms. The van der Waals surface area contributed by atoms with Gasteiger partial charge < -0.3 is 15.1 Å². The van der Waals surface area contributed by atoms with Gasteiger partial charge in [0.25, 0.3) is 0 Å². The van der Waals surface area contributed by atoms with Gasteiger partial charge in [0.2, 0.25) is 11.8 Å². The average molecular weight is 380 g/mol. The quantitative estimate of drug-likeness (QED) is 0.813. The van der Waals surface area contributed by atoms with Crippen molar-refractivity contribution in [1.82, 2.24) is 10.2 Å². The first kappa shape index (κ1) is 19.9. The summed E-state index contributed by atoms with van der Waals surface area (Å²) in [5, 5.41) is 2.84. The Hall–Kier alpha value is -2.82. The summed E-state index contributed by atoms with van der Waals surface area (Å²) in [4.78, 5) is 28.7. The molecule has 5 heteroatoms. The highest BCUT2D eigenvalue weighted by molar-refractivity contribution is 5.97. The average Bonchev–Trinajstić information content (AvgIpc) is 2.70. The lowest BCUT2D eigenvalue weighted by Gasteiger charge is -2.37. The lowest BCUT2D eigenvalue weighted by atomic mass is 10.1. The molecule has 2 aromatic carbocycles. The molecule has 5 nitrogen and oxygen atoms in total. The van der Waals surface area contributed by atoms with Gasteiger partial charge in [-0.3, -0.25) is 9.59 Å². The minimum absolute atomic E-state index is 0.0880. The van der Waals surface area contributed by atoms with Crippen LogP contribution in [0, 0.1) is 20.8 Å². The first-order valence-corrected chi connectivity index (χ1v) is 9.85. The summed E-state index contributed by atoms with van der Waals surface area (Å²) in [5.41, 5.74) is 6.03. The van der Waals surface area contributed by atoms with Crippen molar-refractivity contribution in [3.05, 3.63) is 64.7 Å². The summed E-state index contributed by atoms with van der Waals surface area (Å²) in [6.45, 7) is 9.62. The maximum absolute atomic E-state index is 12.5. The van der Waals surface area contributed by atoms with E-state index in [2.05, 4.69) is 42.3 Å². The van der Waals surface area contributed by atoms with Gasteiger partial charge in [0.15, 0.2) is 0 Å². The van der Waals surface area contributed by atoms with Crippen molar-refractivity contribution in [1.29, 1.82) is 0 Å². The number of piperazine rings is 1. The zero-order valence-electron chi connectivity index (χ0n) is 17.0. The Labute approximate surface area is 167 Å². The van der Waals surface area contributed by atoms with Gasteiger partial charge in [-0.1, -0.05) is 42.0 Å². The van der Waals surface area contributed by atoms with Crippen LogP contribution in [0.5, 0.6) is 0 Å². The lowest BCUT2D eigenvalue weighted by Crippen LogP contribution is -2.49. The third kappa shape index (κ3) is 4.91. The summed E-state index contributed by atoms with van der Waals surface area (Å²) in [7, 11) is 0. The summed E-state index contributed by atoms with van der Waals surface area (Å²) in [6, 6.07) is 14.3. The predicted molar refractivity (Wildman–Crippen MR) is 112 cm³/mol. The van der Waals surface area contributed by atoms with E-state index in [0.29, 0.717) is 19.6 Å². The molecule has 148 valence electrons. The molecule has 1 saturated heterocycles. The molecule has 2 amide bonds. The van der Waals surface area contributed by atoms with E-state index < -0.39 is 0 Å². The van der Waals surface area contributed by atoms with Crippen molar-refractivity contribution < 1.29 is 9.59 Å². The molecule has 1 heterocycles. The third-order valence-corrected chi connectivity index (χ3v) is 5.47. The maximum Gasteiger partial charge on any atom is 0.232 e. The molecule has 1 N–H and O–H groups in total. The fourth-order valence-corrected chi connectivity index (χ4v) is 3.49. The number of nitrogens with one attached hydrogen (secondary N) is 1. The number of hydrogen-bond donors (Lipinski definition) is 1. The molecule has 0 unspecified atom stereocenters. The SMILES string of the molecule is Cc1ccc(CNC(=O)CC(=O)N2CCN(c3cccc(C)c3C)CC2)cc1. The Balaban J connectivity index is 1.46. The molecular weight excluding hydrogens is 350 g/mol. The van der Waals surface area contributed by atoms with E-state index in [-0.39, 0.29) is 18.2 Å². The van der Waals surface area contributed by atoms with Crippen LogP contribution >= 0.6 is 0 Å². The van der Waals surface area contributed by atoms with Gasteiger partial charge in [-0.05, 0) is 43.5 Å². The van der Waals surface area contributed by atoms with Crippen LogP contribution in [0.25, 0.3) is 0 Å². The highest BCUT2D eigenvalue weighted by Crippen LogP contribution is 2.23. The zero-order valence-corrected chi connectivity index (χ0v) is 17.0.